The predicted octanol–water partition coefficient (Wildman–Crippen LogP) is 2.10. The van der Waals surface area contributed by atoms with E-state index in [1.54, 1.807) is 24.5 Å². The maximum absolute atomic E-state index is 14.0. The first-order chi connectivity index (χ1) is 13.1. The Balaban J connectivity index is 1.35. The van der Waals surface area contributed by atoms with Gasteiger partial charge in [-0.15, -0.1) is 0 Å². The van der Waals surface area contributed by atoms with Crippen molar-refractivity contribution in [2.75, 3.05) is 49.1 Å². The minimum Gasteiger partial charge on any atom is -0.368 e. The van der Waals surface area contributed by atoms with Gasteiger partial charge >= 0.3 is 0 Å². The first kappa shape index (κ1) is 17.7. The number of nitrogens with zero attached hydrogens (tertiary/aromatic N) is 5. The monoisotopic (exact) mass is 369 g/mol. The first-order valence-corrected chi connectivity index (χ1v) is 9.44. The molecular formula is C20H24FN5O. The fraction of sp³-hybridized carbons (Fsp3) is 0.450. The Hall–Kier alpha value is -2.70. The summed E-state index contributed by atoms with van der Waals surface area (Å²) in [7, 11) is 0. The third-order valence-electron chi connectivity index (χ3n) is 5.48. The molecule has 6 nitrogen and oxygen atoms in total. The van der Waals surface area contributed by atoms with E-state index in [2.05, 4.69) is 14.9 Å². The zero-order valence-corrected chi connectivity index (χ0v) is 15.5. The first-order valence-electron chi connectivity index (χ1n) is 9.44. The standard InChI is InChI=1S/C20H24FN5O/c1-15-19(23-8-7-22-15)24-10-12-25(13-11-24)20(27)16-6-9-26(14-16)18-5-3-2-4-17(18)21/h2-5,7-8,16H,6,9-14H2,1H3. The molecule has 2 aliphatic rings. The topological polar surface area (TPSA) is 52.6 Å². The van der Waals surface area contributed by atoms with Gasteiger partial charge in [0.05, 0.1) is 17.3 Å². The van der Waals surface area contributed by atoms with E-state index in [1.165, 1.54) is 6.07 Å². The van der Waals surface area contributed by atoms with Gasteiger partial charge in [-0.1, -0.05) is 12.1 Å². The number of hydrogen-bond donors (Lipinski definition) is 0. The van der Waals surface area contributed by atoms with Gasteiger partial charge in [-0.3, -0.25) is 9.78 Å². The van der Waals surface area contributed by atoms with Gasteiger partial charge in [0.25, 0.3) is 0 Å². The molecule has 7 heteroatoms. The van der Waals surface area contributed by atoms with Crippen molar-refractivity contribution in [2.45, 2.75) is 13.3 Å². The fourth-order valence-electron chi connectivity index (χ4n) is 4.00. The Bertz CT molecular complexity index is 822. The number of para-hydroxylation sites is 1. The number of benzene rings is 1. The molecule has 2 aliphatic heterocycles. The third kappa shape index (κ3) is 3.59. The summed E-state index contributed by atoms with van der Waals surface area (Å²) in [6.45, 7) is 6.15. The normalized spacial score (nSPS) is 20.2. The molecule has 1 aromatic carbocycles. The lowest BCUT2D eigenvalue weighted by atomic mass is 10.1. The van der Waals surface area contributed by atoms with Crippen LogP contribution in [0.15, 0.2) is 36.7 Å². The molecule has 4 rings (SSSR count). The van der Waals surface area contributed by atoms with E-state index in [9.17, 15) is 9.18 Å². The van der Waals surface area contributed by atoms with Gasteiger partial charge in [0.15, 0.2) is 0 Å². The SMILES string of the molecule is Cc1nccnc1N1CCN(C(=O)C2CCN(c3ccccc3F)C2)CC1. The van der Waals surface area contributed by atoms with Crippen LogP contribution in [0, 0.1) is 18.7 Å². The molecule has 2 saturated heterocycles. The van der Waals surface area contributed by atoms with Crippen molar-refractivity contribution < 1.29 is 9.18 Å². The van der Waals surface area contributed by atoms with Crippen LogP contribution in [0.1, 0.15) is 12.1 Å². The van der Waals surface area contributed by atoms with Crippen LogP contribution >= 0.6 is 0 Å². The van der Waals surface area contributed by atoms with Crippen molar-refractivity contribution in [1.82, 2.24) is 14.9 Å². The van der Waals surface area contributed by atoms with Gasteiger partial charge < -0.3 is 14.7 Å². The molecule has 3 heterocycles. The minimum absolute atomic E-state index is 0.0607. The van der Waals surface area contributed by atoms with E-state index in [4.69, 9.17) is 0 Å². The summed E-state index contributed by atoms with van der Waals surface area (Å²) in [5, 5.41) is 0. The van der Waals surface area contributed by atoms with E-state index in [0.717, 1.165) is 37.6 Å². The van der Waals surface area contributed by atoms with Crippen molar-refractivity contribution in [1.29, 1.82) is 0 Å². The lowest BCUT2D eigenvalue weighted by Gasteiger charge is -2.36. The van der Waals surface area contributed by atoms with Crippen LogP contribution in [-0.4, -0.2) is 60.0 Å². The van der Waals surface area contributed by atoms with Crippen LogP contribution in [-0.2, 0) is 4.79 Å². The van der Waals surface area contributed by atoms with E-state index < -0.39 is 0 Å². The van der Waals surface area contributed by atoms with E-state index >= 15 is 0 Å². The second-order valence-corrected chi connectivity index (χ2v) is 7.16. The molecule has 0 N–H and O–H groups in total. The number of amides is 1. The van der Waals surface area contributed by atoms with Crippen molar-refractivity contribution in [3.8, 4) is 0 Å². The summed E-state index contributed by atoms with van der Waals surface area (Å²) in [6.07, 6.45) is 4.17. The summed E-state index contributed by atoms with van der Waals surface area (Å²) < 4.78 is 14.0. The number of piperazine rings is 1. The number of rotatable bonds is 3. The van der Waals surface area contributed by atoms with Crippen molar-refractivity contribution in [2.24, 2.45) is 5.92 Å². The number of anilines is 2. The molecule has 0 saturated carbocycles. The molecule has 2 aromatic rings. The van der Waals surface area contributed by atoms with E-state index in [1.807, 2.05) is 22.8 Å². The second-order valence-electron chi connectivity index (χ2n) is 7.16. The van der Waals surface area contributed by atoms with Crippen molar-refractivity contribution in [3.63, 3.8) is 0 Å². The molecule has 27 heavy (non-hydrogen) atoms. The third-order valence-corrected chi connectivity index (χ3v) is 5.48. The predicted molar refractivity (Wildman–Crippen MR) is 102 cm³/mol. The molecule has 0 spiro atoms. The van der Waals surface area contributed by atoms with Crippen LogP contribution in [0.5, 0.6) is 0 Å². The van der Waals surface area contributed by atoms with Crippen molar-refractivity contribution in [3.05, 3.63) is 48.2 Å². The summed E-state index contributed by atoms with van der Waals surface area (Å²) in [6, 6.07) is 6.78. The van der Waals surface area contributed by atoms with Gasteiger partial charge in [-0.25, -0.2) is 9.37 Å². The molecule has 1 atom stereocenters. The molecule has 1 amide bonds. The van der Waals surface area contributed by atoms with Crippen LogP contribution in [0.3, 0.4) is 0 Å². The number of aromatic nitrogens is 2. The molecular weight excluding hydrogens is 345 g/mol. The lowest BCUT2D eigenvalue weighted by molar-refractivity contribution is -0.135. The average molecular weight is 369 g/mol. The number of halogens is 1. The number of carbonyl (C=O) groups excluding carboxylic acids is 1. The highest BCUT2D eigenvalue weighted by molar-refractivity contribution is 5.80. The molecule has 1 aromatic heterocycles. The number of aryl methyl sites for hydroxylation is 1. The second kappa shape index (κ2) is 7.50. The fourth-order valence-corrected chi connectivity index (χ4v) is 4.00. The maximum atomic E-state index is 14.0. The molecule has 1 unspecified atom stereocenters. The zero-order chi connectivity index (χ0) is 18.8. The highest BCUT2D eigenvalue weighted by Gasteiger charge is 2.33. The van der Waals surface area contributed by atoms with Crippen LogP contribution in [0.2, 0.25) is 0 Å². The highest BCUT2D eigenvalue weighted by Crippen LogP contribution is 2.27. The van der Waals surface area contributed by atoms with Crippen LogP contribution in [0.4, 0.5) is 15.9 Å². The number of hydrogen-bond acceptors (Lipinski definition) is 5. The summed E-state index contributed by atoms with van der Waals surface area (Å²) >= 11 is 0. The molecule has 2 fully saturated rings. The van der Waals surface area contributed by atoms with E-state index in [-0.39, 0.29) is 17.6 Å². The summed E-state index contributed by atoms with van der Waals surface area (Å²) in [5.74, 6) is 0.800. The quantitative estimate of drug-likeness (QED) is 0.829. The van der Waals surface area contributed by atoms with Crippen LogP contribution in [0.25, 0.3) is 0 Å². The summed E-state index contributed by atoms with van der Waals surface area (Å²) in [4.78, 5) is 27.8. The maximum Gasteiger partial charge on any atom is 0.227 e. The molecule has 142 valence electrons. The Morgan fingerprint density at radius 3 is 2.52 bits per heavy atom. The van der Waals surface area contributed by atoms with Gasteiger partial charge in [-0.2, -0.15) is 0 Å². The average Bonchev–Trinajstić information content (AvgIpc) is 3.18. The zero-order valence-electron chi connectivity index (χ0n) is 15.5. The number of carbonyl (C=O) groups is 1. The molecule has 0 radical (unpaired) electrons. The summed E-state index contributed by atoms with van der Waals surface area (Å²) in [5.41, 5.74) is 1.50. The molecule has 0 aliphatic carbocycles. The smallest absolute Gasteiger partial charge is 0.227 e. The van der Waals surface area contributed by atoms with Gasteiger partial charge in [0.1, 0.15) is 11.6 Å². The minimum atomic E-state index is -0.224. The largest absolute Gasteiger partial charge is 0.368 e. The van der Waals surface area contributed by atoms with Gasteiger partial charge in [0, 0.05) is 51.7 Å². The molecule has 0 bridgehead atoms. The van der Waals surface area contributed by atoms with Crippen molar-refractivity contribution >= 4 is 17.4 Å². The highest BCUT2D eigenvalue weighted by atomic mass is 19.1. The van der Waals surface area contributed by atoms with Gasteiger partial charge in [0.2, 0.25) is 5.91 Å². The van der Waals surface area contributed by atoms with E-state index in [0.29, 0.717) is 25.3 Å². The Labute approximate surface area is 158 Å². The Morgan fingerprint density at radius 2 is 1.78 bits per heavy atom. The van der Waals surface area contributed by atoms with Gasteiger partial charge in [-0.05, 0) is 25.5 Å². The Morgan fingerprint density at radius 1 is 1.04 bits per heavy atom. The Kier molecular flexibility index (Phi) is 4.92. The lowest BCUT2D eigenvalue weighted by Crippen LogP contribution is -2.51. The van der Waals surface area contributed by atoms with Crippen LogP contribution < -0.4 is 9.80 Å².